The Labute approximate surface area is 99.1 Å². The molecule has 4 N–H and O–H groups in total. The molecule has 0 saturated carbocycles. The quantitative estimate of drug-likeness (QED) is 0.626. The molecule has 6 heteroatoms. The van der Waals surface area contributed by atoms with Gasteiger partial charge in [-0.25, -0.2) is 0 Å². The molecule has 0 spiro atoms. The van der Waals surface area contributed by atoms with Crippen molar-refractivity contribution in [1.29, 1.82) is 0 Å². The summed E-state index contributed by atoms with van der Waals surface area (Å²) >= 11 is 0. The Bertz CT molecular complexity index is 407. The van der Waals surface area contributed by atoms with E-state index < -0.39 is 5.91 Å². The van der Waals surface area contributed by atoms with Crippen molar-refractivity contribution < 1.29 is 14.3 Å². The molecule has 0 unspecified atom stereocenters. The minimum Gasteiger partial charge on any atom is -0.484 e. The normalized spacial score (nSPS) is 9.53. The Morgan fingerprint density at radius 1 is 1.35 bits per heavy atom. The van der Waals surface area contributed by atoms with Crippen LogP contribution < -0.4 is 21.3 Å². The van der Waals surface area contributed by atoms with E-state index in [9.17, 15) is 9.59 Å². The predicted octanol–water partition coefficient (Wildman–Crippen LogP) is -0.309. The Morgan fingerprint density at radius 2 is 2.12 bits per heavy atom. The van der Waals surface area contributed by atoms with Crippen LogP contribution in [0.25, 0.3) is 0 Å². The zero-order valence-electron chi connectivity index (χ0n) is 9.53. The minimum atomic E-state index is -0.432. The van der Waals surface area contributed by atoms with E-state index in [2.05, 4.69) is 10.9 Å². The molecule has 0 atom stereocenters. The Morgan fingerprint density at radius 3 is 2.76 bits per heavy atom. The van der Waals surface area contributed by atoms with Gasteiger partial charge in [0.1, 0.15) is 5.75 Å². The first-order valence-corrected chi connectivity index (χ1v) is 5.09. The highest BCUT2D eigenvalue weighted by Crippen LogP contribution is 2.12. The second-order valence-electron chi connectivity index (χ2n) is 3.37. The highest BCUT2D eigenvalue weighted by Gasteiger charge is 2.03. The molecule has 1 aromatic carbocycles. The van der Waals surface area contributed by atoms with Crippen LogP contribution >= 0.6 is 0 Å². The molecule has 0 aliphatic carbocycles. The third-order valence-electron chi connectivity index (χ3n) is 1.88. The number of hydrazine groups is 1. The van der Waals surface area contributed by atoms with Crippen molar-refractivity contribution in [2.75, 3.05) is 6.61 Å². The molecule has 1 aromatic rings. The number of nitrogens with one attached hydrogen (secondary N) is 2. The minimum absolute atomic E-state index is 0.172. The average molecular weight is 237 g/mol. The molecule has 0 saturated heterocycles. The topological polar surface area (TPSA) is 93.5 Å². The summed E-state index contributed by atoms with van der Waals surface area (Å²) < 4.78 is 5.22. The molecule has 92 valence electrons. The van der Waals surface area contributed by atoms with Crippen molar-refractivity contribution in [3.05, 3.63) is 29.8 Å². The maximum Gasteiger partial charge on any atom is 0.276 e. The van der Waals surface area contributed by atoms with Crippen LogP contribution in [0.15, 0.2) is 24.3 Å². The van der Waals surface area contributed by atoms with Gasteiger partial charge in [0.05, 0.1) is 0 Å². The van der Waals surface area contributed by atoms with Crippen LogP contribution in [-0.4, -0.2) is 18.4 Å². The zero-order valence-corrected chi connectivity index (χ0v) is 9.53. The third-order valence-corrected chi connectivity index (χ3v) is 1.88. The van der Waals surface area contributed by atoms with E-state index in [4.69, 9.17) is 10.5 Å². The summed E-state index contributed by atoms with van der Waals surface area (Å²) in [6.45, 7) is 1.54. The molecule has 0 heterocycles. The summed E-state index contributed by atoms with van der Waals surface area (Å²) in [5, 5.41) is 0. The molecule has 0 aliphatic heterocycles. The van der Waals surface area contributed by atoms with E-state index in [0.29, 0.717) is 12.3 Å². The fourth-order valence-electron chi connectivity index (χ4n) is 1.10. The molecular weight excluding hydrogens is 222 g/mol. The lowest BCUT2D eigenvalue weighted by Gasteiger charge is -2.08. The molecule has 0 aliphatic rings. The van der Waals surface area contributed by atoms with Crippen LogP contribution in [0.4, 0.5) is 0 Å². The molecular formula is C11H15N3O3. The van der Waals surface area contributed by atoms with E-state index in [1.807, 2.05) is 6.07 Å². The highest BCUT2D eigenvalue weighted by atomic mass is 16.5. The summed E-state index contributed by atoms with van der Waals surface area (Å²) in [4.78, 5) is 21.7. The van der Waals surface area contributed by atoms with Gasteiger partial charge in [0.15, 0.2) is 6.61 Å². The lowest BCUT2D eigenvalue weighted by atomic mass is 10.2. The fraction of sp³-hybridized carbons (Fsp3) is 0.273. The van der Waals surface area contributed by atoms with Crippen LogP contribution in [0.5, 0.6) is 5.75 Å². The van der Waals surface area contributed by atoms with Gasteiger partial charge in [-0.05, 0) is 17.7 Å². The van der Waals surface area contributed by atoms with E-state index in [0.717, 1.165) is 5.56 Å². The van der Waals surface area contributed by atoms with Crippen LogP contribution in [0.2, 0.25) is 0 Å². The molecule has 0 fully saturated rings. The Hall–Kier alpha value is -2.08. The number of hydrogen-bond acceptors (Lipinski definition) is 4. The maximum absolute atomic E-state index is 11.2. The SMILES string of the molecule is CC(=O)NNC(=O)COc1cccc(CN)c1. The molecule has 0 radical (unpaired) electrons. The van der Waals surface area contributed by atoms with E-state index in [1.54, 1.807) is 18.2 Å². The Balaban J connectivity index is 2.39. The number of carbonyl (C=O) groups is 2. The largest absolute Gasteiger partial charge is 0.484 e. The van der Waals surface area contributed by atoms with Gasteiger partial charge in [-0.2, -0.15) is 0 Å². The average Bonchev–Trinajstić information content (AvgIpc) is 2.34. The molecule has 0 aromatic heterocycles. The second kappa shape index (κ2) is 6.49. The molecule has 6 nitrogen and oxygen atoms in total. The van der Waals surface area contributed by atoms with Crippen molar-refractivity contribution in [1.82, 2.24) is 10.9 Å². The summed E-state index contributed by atoms with van der Waals surface area (Å²) in [6, 6.07) is 7.14. The number of nitrogens with two attached hydrogens (primary N) is 1. The smallest absolute Gasteiger partial charge is 0.276 e. The van der Waals surface area contributed by atoms with Gasteiger partial charge in [-0.1, -0.05) is 12.1 Å². The standard InChI is InChI=1S/C11H15N3O3/c1-8(15)13-14-11(16)7-17-10-4-2-3-9(5-10)6-12/h2-5H,6-7,12H2,1H3,(H,13,15)(H,14,16). The van der Waals surface area contributed by atoms with E-state index in [-0.39, 0.29) is 12.5 Å². The maximum atomic E-state index is 11.2. The summed E-state index contributed by atoms with van der Waals surface area (Å²) in [6.07, 6.45) is 0. The molecule has 1 rings (SSSR count). The van der Waals surface area contributed by atoms with Gasteiger partial charge in [0.25, 0.3) is 5.91 Å². The van der Waals surface area contributed by atoms with E-state index >= 15 is 0 Å². The van der Waals surface area contributed by atoms with Crippen molar-refractivity contribution in [3.8, 4) is 5.75 Å². The van der Waals surface area contributed by atoms with Crippen molar-refractivity contribution in [2.45, 2.75) is 13.5 Å². The first-order chi connectivity index (χ1) is 8.11. The van der Waals surface area contributed by atoms with Gasteiger partial charge in [-0.3, -0.25) is 20.4 Å². The number of benzene rings is 1. The predicted molar refractivity (Wildman–Crippen MR) is 61.8 cm³/mol. The Kier molecular flexibility index (Phi) is 4.96. The summed E-state index contributed by atoms with van der Waals surface area (Å²) in [5.74, 6) is -0.215. The zero-order chi connectivity index (χ0) is 12.7. The summed E-state index contributed by atoms with van der Waals surface area (Å²) in [7, 11) is 0. The summed E-state index contributed by atoms with van der Waals surface area (Å²) in [5.41, 5.74) is 10.8. The number of carbonyl (C=O) groups excluding carboxylic acids is 2. The van der Waals surface area contributed by atoms with Gasteiger partial charge in [0.2, 0.25) is 5.91 Å². The monoisotopic (exact) mass is 237 g/mol. The molecule has 2 amide bonds. The molecule has 17 heavy (non-hydrogen) atoms. The fourth-order valence-corrected chi connectivity index (χ4v) is 1.10. The number of amides is 2. The van der Waals surface area contributed by atoms with Crippen LogP contribution in [0.1, 0.15) is 12.5 Å². The lowest BCUT2D eigenvalue weighted by Crippen LogP contribution is -2.42. The van der Waals surface area contributed by atoms with E-state index in [1.165, 1.54) is 6.92 Å². The second-order valence-corrected chi connectivity index (χ2v) is 3.37. The lowest BCUT2D eigenvalue weighted by molar-refractivity contribution is -0.129. The number of hydrogen-bond donors (Lipinski definition) is 3. The first kappa shape index (κ1) is 13.0. The van der Waals surface area contributed by atoms with Crippen molar-refractivity contribution in [3.63, 3.8) is 0 Å². The highest BCUT2D eigenvalue weighted by molar-refractivity contribution is 5.81. The van der Waals surface area contributed by atoms with Crippen LogP contribution in [-0.2, 0) is 16.1 Å². The van der Waals surface area contributed by atoms with Gasteiger partial charge in [-0.15, -0.1) is 0 Å². The van der Waals surface area contributed by atoms with Crippen LogP contribution in [0, 0.1) is 0 Å². The van der Waals surface area contributed by atoms with Gasteiger partial charge < -0.3 is 10.5 Å². The van der Waals surface area contributed by atoms with Gasteiger partial charge >= 0.3 is 0 Å². The first-order valence-electron chi connectivity index (χ1n) is 5.09. The van der Waals surface area contributed by atoms with Crippen molar-refractivity contribution >= 4 is 11.8 Å². The van der Waals surface area contributed by atoms with Gasteiger partial charge in [0, 0.05) is 13.5 Å². The van der Waals surface area contributed by atoms with Crippen molar-refractivity contribution in [2.24, 2.45) is 5.73 Å². The third kappa shape index (κ3) is 4.98. The molecule has 0 bridgehead atoms. The number of rotatable bonds is 4. The number of ether oxygens (including phenoxy) is 1. The van der Waals surface area contributed by atoms with Crippen LogP contribution in [0.3, 0.4) is 0 Å².